The number of hydrogen-bond donors (Lipinski definition) is 0. The van der Waals surface area contributed by atoms with Crippen LogP contribution in [0.4, 0.5) is 0 Å². The minimum atomic E-state index is -3.20. The van der Waals surface area contributed by atoms with Crippen molar-refractivity contribution in [2.45, 2.75) is 44.2 Å². The van der Waals surface area contributed by atoms with Crippen LogP contribution in [0.1, 0.15) is 31.2 Å². The largest absolute Gasteiger partial charge is 0.375 e. The summed E-state index contributed by atoms with van der Waals surface area (Å²) >= 11 is 0. The van der Waals surface area contributed by atoms with E-state index >= 15 is 0 Å². The summed E-state index contributed by atoms with van der Waals surface area (Å²) in [5.74, 6) is 0.195. The van der Waals surface area contributed by atoms with Crippen LogP contribution < -0.4 is 0 Å². The summed E-state index contributed by atoms with van der Waals surface area (Å²) in [6.07, 6.45) is 4.88. The predicted molar refractivity (Wildman–Crippen MR) is 82.6 cm³/mol. The normalized spacial score (nSPS) is 27.2. The average Bonchev–Trinajstić information content (AvgIpc) is 2.53. The average molecular weight is 309 g/mol. The molecule has 1 saturated heterocycles. The molecule has 1 aromatic rings. The molecule has 1 aliphatic carbocycles. The molecule has 0 radical (unpaired) electrons. The Kier molecular flexibility index (Phi) is 4.62. The second-order valence-electron chi connectivity index (χ2n) is 5.92. The van der Waals surface area contributed by atoms with E-state index in [1.165, 1.54) is 0 Å². The van der Waals surface area contributed by atoms with Crippen LogP contribution in [0, 0.1) is 0 Å². The number of benzene rings is 1. The monoisotopic (exact) mass is 309 g/mol. The predicted octanol–water partition coefficient (Wildman–Crippen LogP) is 2.20. The molecule has 0 unspecified atom stereocenters. The molecule has 0 bridgehead atoms. The van der Waals surface area contributed by atoms with Crippen LogP contribution in [0.25, 0.3) is 0 Å². The fourth-order valence-electron chi connectivity index (χ4n) is 3.42. The summed E-state index contributed by atoms with van der Waals surface area (Å²) in [7, 11) is -3.20. The van der Waals surface area contributed by atoms with E-state index in [0.29, 0.717) is 19.6 Å². The van der Waals surface area contributed by atoms with Crippen LogP contribution in [-0.4, -0.2) is 43.8 Å². The molecule has 2 aliphatic rings. The van der Waals surface area contributed by atoms with E-state index in [1.807, 2.05) is 30.3 Å². The molecule has 1 saturated carbocycles. The number of hydrogen-bond acceptors (Lipinski definition) is 3. The number of aryl methyl sites for hydroxylation is 1. The number of rotatable bonds is 4. The van der Waals surface area contributed by atoms with Crippen LogP contribution in [0.2, 0.25) is 0 Å². The molecule has 0 aromatic heterocycles. The summed E-state index contributed by atoms with van der Waals surface area (Å²) in [5, 5.41) is 0. The molecule has 4 nitrogen and oxygen atoms in total. The minimum absolute atomic E-state index is 0.0632. The highest BCUT2D eigenvalue weighted by molar-refractivity contribution is 7.89. The van der Waals surface area contributed by atoms with E-state index in [1.54, 1.807) is 4.31 Å². The topological polar surface area (TPSA) is 46.6 Å². The molecule has 116 valence electrons. The highest BCUT2D eigenvalue weighted by Gasteiger charge is 2.39. The van der Waals surface area contributed by atoms with Crippen LogP contribution in [0.3, 0.4) is 0 Å². The van der Waals surface area contributed by atoms with Crippen molar-refractivity contribution in [1.82, 2.24) is 4.31 Å². The van der Waals surface area contributed by atoms with Gasteiger partial charge in [-0.05, 0) is 24.8 Å². The second kappa shape index (κ2) is 6.46. The molecule has 1 aromatic carbocycles. The summed E-state index contributed by atoms with van der Waals surface area (Å²) < 4.78 is 32.9. The van der Waals surface area contributed by atoms with Crippen molar-refractivity contribution in [2.75, 3.05) is 18.9 Å². The minimum Gasteiger partial charge on any atom is -0.375 e. The lowest BCUT2D eigenvalue weighted by molar-refractivity contribution is -0.0585. The molecule has 0 spiro atoms. The van der Waals surface area contributed by atoms with Crippen LogP contribution >= 0.6 is 0 Å². The van der Waals surface area contributed by atoms with Gasteiger partial charge < -0.3 is 4.74 Å². The quantitative estimate of drug-likeness (QED) is 0.856. The Labute approximate surface area is 127 Å². The summed E-state index contributed by atoms with van der Waals surface area (Å²) in [4.78, 5) is 0. The van der Waals surface area contributed by atoms with E-state index in [2.05, 4.69) is 0 Å². The van der Waals surface area contributed by atoms with Gasteiger partial charge in [-0.15, -0.1) is 0 Å². The first-order valence-corrected chi connectivity index (χ1v) is 9.43. The van der Waals surface area contributed by atoms with Gasteiger partial charge in [0.05, 0.1) is 24.5 Å². The zero-order valence-corrected chi connectivity index (χ0v) is 13.1. The van der Waals surface area contributed by atoms with Gasteiger partial charge in [-0.2, -0.15) is 4.31 Å². The van der Waals surface area contributed by atoms with Gasteiger partial charge in [0, 0.05) is 6.54 Å². The van der Waals surface area contributed by atoms with E-state index < -0.39 is 10.0 Å². The van der Waals surface area contributed by atoms with Crippen LogP contribution in [0.15, 0.2) is 30.3 Å². The molecule has 0 N–H and O–H groups in total. The molecule has 1 heterocycles. The van der Waals surface area contributed by atoms with Gasteiger partial charge in [-0.3, -0.25) is 0 Å². The van der Waals surface area contributed by atoms with E-state index in [9.17, 15) is 8.42 Å². The first kappa shape index (κ1) is 15.0. The zero-order chi connectivity index (χ0) is 14.7. The van der Waals surface area contributed by atoms with E-state index in [4.69, 9.17) is 4.74 Å². The molecule has 1 aliphatic heterocycles. The fourth-order valence-corrected chi connectivity index (χ4v) is 5.15. The summed E-state index contributed by atoms with van der Waals surface area (Å²) in [6, 6.07) is 9.89. The lowest BCUT2D eigenvalue weighted by atomic mass is 9.91. The Bertz CT molecular complexity index is 556. The maximum absolute atomic E-state index is 12.7. The van der Waals surface area contributed by atoms with Crippen molar-refractivity contribution < 1.29 is 13.2 Å². The summed E-state index contributed by atoms with van der Waals surface area (Å²) in [6.45, 7) is 1.05. The van der Waals surface area contributed by atoms with Gasteiger partial charge in [0.2, 0.25) is 10.0 Å². The van der Waals surface area contributed by atoms with Crippen molar-refractivity contribution >= 4 is 10.0 Å². The number of ether oxygens (including phenoxy) is 1. The van der Waals surface area contributed by atoms with Crippen molar-refractivity contribution in [3.8, 4) is 0 Å². The molecular formula is C16H23NO3S. The third-order valence-corrected chi connectivity index (χ3v) is 6.42. The molecule has 3 rings (SSSR count). The maximum atomic E-state index is 12.7. The van der Waals surface area contributed by atoms with Gasteiger partial charge in [-0.1, -0.05) is 43.2 Å². The van der Waals surface area contributed by atoms with Gasteiger partial charge in [0.25, 0.3) is 0 Å². The highest BCUT2D eigenvalue weighted by Crippen LogP contribution is 2.30. The Morgan fingerprint density at radius 3 is 2.71 bits per heavy atom. The Morgan fingerprint density at radius 2 is 1.90 bits per heavy atom. The molecule has 5 heteroatoms. The van der Waals surface area contributed by atoms with Crippen molar-refractivity contribution in [3.63, 3.8) is 0 Å². The van der Waals surface area contributed by atoms with Gasteiger partial charge in [0.1, 0.15) is 0 Å². The van der Waals surface area contributed by atoms with Crippen molar-refractivity contribution in [1.29, 1.82) is 0 Å². The number of fused-ring (bicyclic) bond motifs is 1. The molecule has 0 amide bonds. The third-order valence-electron chi connectivity index (χ3n) is 4.53. The van der Waals surface area contributed by atoms with Gasteiger partial charge in [-0.25, -0.2) is 8.42 Å². The van der Waals surface area contributed by atoms with Crippen molar-refractivity contribution in [2.24, 2.45) is 0 Å². The number of morpholine rings is 1. The zero-order valence-electron chi connectivity index (χ0n) is 12.3. The third kappa shape index (κ3) is 3.47. The lowest BCUT2D eigenvalue weighted by Gasteiger charge is -2.42. The first-order chi connectivity index (χ1) is 10.2. The summed E-state index contributed by atoms with van der Waals surface area (Å²) in [5.41, 5.74) is 1.08. The van der Waals surface area contributed by atoms with Crippen molar-refractivity contribution in [3.05, 3.63) is 35.9 Å². The maximum Gasteiger partial charge on any atom is 0.214 e. The standard InChI is InChI=1S/C16H23NO3S/c18-21(19,13-10-14-6-2-1-3-7-14)17-11-12-20-16-9-5-4-8-15(16)17/h1-3,6-7,15-16H,4-5,8-13H2/t15-,16-/m0/s1. The number of nitrogens with zero attached hydrogens (tertiary/aromatic N) is 1. The highest BCUT2D eigenvalue weighted by atomic mass is 32.2. The Hall–Kier alpha value is -0.910. The van der Waals surface area contributed by atoms with Crippen LogP contribution in [-0.2, 0) is 21.2 Å². The second-order valence-corrected chi connectivity index (χ2v) is 7.96. The molecule has 2 fully saturated rings. The van der Waals surface area contributed by atoms with Gasteiger partial charge >= 0.3 is 0 Å². The first-order valence-electron chi connectivity index (χ1n) is 7.82. The van der Waals surface area contributed by atoms with Crippen LogP contribution in [0.5, 0.6) is 0 Å². The smallest absolute Gasteiger partial charge is 0.214 e. The Morgan fingerprint density at radius 1 is 1.14 bits per heavy atom. The molecule has 2 atom stereocenters. The fraction of sp³-hybridized carbons (Fsp3) is 0.625. The molecular weight excluding hydrogens is 286 g/mol. The lowest BCUT2D eigenvalue weighted by Crippen LogP contribution is -2.55. The Balaban J connectivity index is 1.68. The van der Waals surface area contributed by atoms with E-state index in [-0.39, 0.29) is 17.9 Å². The molecule has 21 heavy (non-hydrogen) atoms. The van der Waals surface area contributed by atoms with E-state index in [0.717, 1.165) is 31.2 Å². The number of sulfonamides is 1. The SMILES string of the molecule is O=S(=O)(CCc1ccccc1)N1CCO[C@H]2CCCC[C@@H]21. The van der Waals surface area contributed by atoms with Gasteiger partial charge in [0.15, 0.2) is 0 Å².